The molecular formula is C18H29N3OS. The Morgan fingerprint density at radius 1 is 1.30 bits per heavy atom. The highest BCUT2D eigenvalue weighted by atomic mass is 32.2. The molecule has 1 aromatic carbocycles. The van der Waals surface area contributed by atoms with Gasteiger partial charge >= 0.3 is 0 Å². The van der Waals surface area contributed by atoms with Crippen molar-refractivity contribution < 1.29 is 4.74 Å². The van der Waals surface area contributed by atoms with Crippen LogP contribution in [0.2, 0.25) is 0 Å². The maximum atomic E-state index is 5.27. The average molecular weight is 336 g/mol. The lowest BCUT2D eigenvalue weighted by atomic mass is 10.1. The van der Waals surface area contributed by atoms with E-state index >= 15 is 0 Å². The zero-order chi connectivity index (χ0) is 16.5. The molecule has 0 bridgehead atoms. The molecule has 0 radical (unpaired) electrons. The van der Waals surface area contributed by atoms with Gasteiger partial charge in [-0.2, -0.15) is 11.8 Å². The SMILES string of the molecule is CCNC(=NCc1ccccc1COC)NC1CCC(SC)C1. The topological polar surface area (TPSA) is 45.7 Å². The number of hydrogen-bond acceptors (Lipinski definition) is 3. The van der Waals surface area contributed by atoms with Gasteiger partial charge in [-0.1, -0.05) is 24.3 Å². The van der Waals surface area contributed by atoms with E-state index < -0.39 is 0 Å². The van der Waals surface area contributed by atoms with E-state index in [-0.39, 0.29) is 0 Å². The third kappa shape index (κ3) is 5.74. The van der Waals surface area contributed by atoms with Gasteiger partial charge in [-0.15, -0.1) is 0 Å². The number of methoxy groups -OCH3 is 1. The Balaban J connectivity index is 1.98. The van der Waals surface area contributed by atoms with E-state index in [1.54, 1.807) is 7.11 Å². The van der Waals surface area contributed by atoms with Crippen LogP contribution in [0.5, 0.6) is 0 Å². The first-order chi connectivity index (χ1) is 11.3. The number of ether oxygens (including phenoxy) is 1. The number of hydrogen-bond donors (Lipinski definition) is 2. The summed E-state index contributed by atoms with van der Waals surface area (Å²) in [5.41, 5.74) is 2.43. The van der Waals surface area contributed by atoms with Crippen molar-refractivity contribution in [2.75, 3.05) is 19.9 Å². The molecule has 1 aliphatic rings. The molecule has 5 heteroatoms. The third-order valence-electron chi connectivity index (χ3n) is 4.23. The molecule has 1 fully saturated rings. The number of thioether (sulfide) groups is 1. The Kier molecular flexibility index (Phi) is 7.76. The zero-order valence-electron chi connectivity index (χ0n) is 14.5. The molecule has 4 nitrogen and oxygen atoms in total. The standard InChI is InChI=1S/C18H29N3OS/c1-4-19-18(21-16-9-10-17(11-16)23-3)20-12-14-7-5-6-8-15(14)13-22-2/h5-8,16-17H,4,9-13H2,1-3H3,(H2,19,20,21). The minimum absolute atomic E-state index is 0.541. The van der Waals surface area contributed by atoms with E-state index in [4.69, 9.17) is 9.73 Å². The van der Waals surface area contributed by atoms with Gasteiger partial charge in [0.2, 0.25) is 0 Å². The molecule has 1 saturated carbocycles. The Morgan fingerprint density at radius 2 is 2.09 bits per heavy atom. The van der Waals surface area contributed by atoms with E-state index in [9.17, 15) is 0 Å². The summed E-state index contributed by atoms with van der Waals surface area (Å²) in [4.78, 5) is 4.77. The van der Waals surface area contributed by atoms with Crippen molar-refractivity contribution in [2.45, 2.75) is 50.6 Å². The Morgan fingerprint density at radius 3 is 2.74 bits per heavy atom. The van der Waals surface area contributed by atoms with Gasteiger partial charge in [-0.25, -0.2) is 4.99 Å². The number of guanidine groups is 1. The second-order valence-corrected chi connectivity index (χ2v) is 7.05. The smallest absolute Gasteiger partial charge is 0.191 e. The highest BCUT2D eigenvalue weighted by molar-refractivity contribution is 7.99. The predicted molar refractivity (Wildman–Crippen MR) is 100 cm³/mol. The molecule has 23 heavy (non-hydrogen) atoms. The van der Waals surface area contributed by atoms with Gasteiger partial charge < -0.3 is 15.4 Å². The summed E-state index contributed by atoms with van der Waals surface area (Å²) in [5.74, 6) is 0.923. The highest BCUT2D eigenvalue weighted by Crippen LogP contribution is 2.28. The summed E-state index contributed by atoms with van der Waals surface area (Å²) in [6, 6.07) is 8.88. The van der Waals surface area contributed by atoms with Crippen LogP contribution in [0.1, 0.15) is 37.3 Å². The van der Waals surface area contributed by atoms with Crippen LogP contribution in [0.15, 0.2) is 29.3 Å². The molecule has 2 atom stereocenters. The maximum absolute atomic E-state index is 5.27. The van der Waals surface area contributed by atoms with Crippen molar-refractivity contribution in [1.82, 2.24) is 10.6 Å². The van der Waals surface area contributed by atoms with Crippen LogP contribution in [-0.2, 0) is 17.9 Å². The minimum Gasteiger partial charge on any atom is -0.380 e. The fraction of sp³-hybridized carbons (Fsp3) is 0.611. The summed E-state index contributed by atoms with van der Waals surface area (Å²) in [7, 11) is 1.73. The molecule has 0 amide bonds. The fourth-order valence-electron chi connectivity index (χ4n) is 2.97. The fourth-order valence-corrected chi connectivity index (χ4v) is 3.77. The van der Waals surface area contributed by atoms with Crippen LogP contribution in [-0.4, -0.2) is 37.2 Å². The molecule has 2 unspecified atom stereocenters. The Bertz CT molecular complexity index is 507. The summed E-state index contributed by atoms with van der Waals surface area (Å²) in [5, 5.41) is 7.75. The summed E-state index contributed by atoms with van der Waals surface area (Å²) in [6.45, 7) is 4.29. The predicted octanol–water partition coefficient (Wildman–Crippen LogP) is 3.17. The van der Waals surface area contributed by atoms with Gasteiger partial charge in [0.05, 0.1) is 13.2 Å². The largest absolute Gasteiger partial charge is 0.380 e. The van der Waals surface area contributed by atoms with Gasteiger partial charge in [0.15, 0.2) is 5.96 Å². The highest BCUT2D eigenvalue weighted by Gasteiger charge is 2.24. The van der Waals surface area contributed by atoms with Gasteiger partial charge in [-0.3, -0.25) is 0 Å². The van der Waals surface area contributed by atoms with E-state index in [0.717, 1.165) is 17.8 Å². The van der Waals surface area contributed by atoms with Crippen molar-refractivity contribution in [2.24, 2.45) is 4.99 Å². The van der Waals surface area contributed by atoms with Crippen LogP contribution in [0.4, 0.5) is 0 Å². The number of nitrogens with one attached hydrogen (secondary N) is 2. The molecule has 128 valence electrons. The quantitative estimate of drug-likeness (QED) is 0.593. The zero-order valence-corrected chi connectivity index (χ0v) is 15.3. The van der Waals surface area contributed by atoms with Gasteiger partial charge in [-0.05, 0) is 43.6 Å². The summed E-state index contributed by atoms with van der Waals surface area (Å²) < 4.78 is 5.27. The van der Waals surface area contributed by atoms with Crippen molar-refractivity contribution in [3.63, 3.8) is 0 Å². The van der Waals surface area contributed by atoms with Gasteiger partial charge in [0.25, 0.3) is 0 Å². The van der Waals surface area contributed by atoms with Crippen molar-refractivity contribution >= 4 is 17.7 Å². The van der Waals surface area contributed by atoms with Crippen LogP contribution in [0.3, 0.4) is 0 Å². The molecule has 0 aromatic heterocycles. The van der Waals surface area contributed by atoms with Crippen molar-refractivity contribution in [1.29, 1.82) is 0 Å². The second-order valence-electron chi connectivity index (χ2n) is 5.91. The first-order valence-corrected chi connectivity index (χ1v) is 9.69. The minimum atomic E-state index is 0.541. The molecule has 1 aromatic rings. The molecule has 2 N–H and O–H groups in total. The van der Waals surface area contributed by atoms with Gasteiger partial charge in [0, 0.05) is 24.9 Å². The monoisotopic (exact) mass is 335 g/mol. The molecule has 0 saturated heterocycles. The number of nitrogens with zero attached hydrogens (tertiary/aromatic N) is 1. The lowest BCUT2D eigenvalue weighted by molar-refractivity contribution is 0.184. The van der Waals surface area contributed by atoms with Crippen LogP contribution < -0.4 is 10.6 Å². The van der Waals surface area contributed by atoms with Gasteiger partial charge in [0.1, 0.15) is 0 Å². The normalized spacial score (nSPS) is 21.4. The molecule has 2 rings (SSSR count). The first-order valence-electron chi connectivity index (χ1n) is 8.40. The van der Waals surface area contributed by atoms with E-state index in [1.807, 2.05) is 17.8 Å². The number of rotatable bonds is 7. The lowest BCUT2D eigenvalue weighted by Gasteiger charge is -2.17. The second kappa shape index (κ2) is 9.83. The lowest BCUT2D eigenvalue weighted by Crippen LogP contribution is -2.42. The van der Waals surface area contributed by atoms with E-state index in [1.165, 1.54) is 30.4 Å². The summed E-state index contributed by atoms with van der Waals surface area (Å²) in [6.07, 6.45) is 5.97. The molecule has 0 spiro atoms. The van der Waals surface area contributed by atoms with Crippen molar-refractivity contribution in [3.05, 3.63) is 35.4 Å². The molecular weight excluding hydrogens is 306 g/mol. The summed E-state index contributed by atoms with van der Waals surface area (Å²) >= 11 is 1.98. The van der Waals surface area contributed by atoms with E-state index in [2.05, 4.69) is 42.0 Å². The number of aliphatic imine (C=N–C) groups is 1. The van der Waals surface area contributed by atoms with Crippen LogP contribution in [0.25, 0.3) is 0 Å². The third-order valence-corrected chi connectivity index (χ3v) is 5.32. The Hall–Kier alpha value is -1.20. The molecule has 0 heterocycles. The number of benzene rings is 1. The van der Waals surface area contributed by atoms with E-state index in [0.29, 0.717) is 19.2 Å². The Labute approximate surface area is 144 Å². The average Bonchev–Trinajstić information content (AvgIpc) is 3.02. The van der Waals surface area contributed by atoms with Crippen LogP contribution in [0, 0.1) is 0 Å². The van der Waals surface area contributed by atoms with Crippen molar-refractivity contribution in [3.8, 4) is 0 Å². The molecule has 1 aliphatic carbocycles. The molecule has 0 aliphatic heterocycles. The maximum Gasteiger partial charge on any atom is 0.191 e. The van der Waals surface area contributed by atoms with Crippen LogP contribution >= 0.6 is 11.8 Å². The first kappa shape index (κ1) is 18.1.